The Balaban J connectivity index is 2.33. The fourth-order valence-corrected chi connectivity index (χ4v) is 3.35. The van der Waals surface area contributed by atoms with Gasteiger partial charge >= 0.3 is 0 Å². The Hall–Kier alpha value is -1.97. The van der Waals surface area contributed by atoms with E-state index in [9.17, 15) is 9.59 Å². The molecule has 0 atom stereocenters. The van der Waals surface area contributed by atoms with Crippen molar-refractivity contribution in [3.63, 3.8) is 0 Å². The minimum Gasteiger partial charge on any atom is -0.344 e. The van der Waals surface area contributed by atoms with Crippen molar-refractivity contribution in [1.29, 1.82) is 0 Å². The number of carbonyl (C=O) groups excluding carboxylic acids is 1. The minimum atomic E-state index is -0.191. The van der Waals surface area contributed by atoms with Crippen LogP contribution in [0.2, 0.25) is 5.02 Å². The number of nitrogens with zero attached hydrogens (tertiary/aromatic N) is 2. The van der Waals surface area contributed by atoms with Crippen molar-refractivity contribution in [2.45, 2.75) is 37.9 Å². The van der Waals surface area contributed by atoms with E-state index in [1.54, 1.807) is 22.8 Å². The highest BCUT2D eigenvalue weighted by molar-refractivity contribution is 7.99. The van der Waals surface area contributed by atoms with E-state index in [2.05, 4.69) is 23.1 Å². The summed E-state index contributed by atoms with van der Waals surface area (Å²) in [4.78, 5) is 29.1. The molecule has 0 spiro atoms. The molecule has 0 fully saturated rings. The van der Waals surface area contributed by atoms with Crippen LogP contribution >= 0.6 is 23.4 Å². The van der Waals surface area contributed by atoms with E-state index in [-0.39, 0.29) is 23.8 Å². The van der Waals surface area contributed by atoms with Crippen LogP contribution in [0.15, 0.2) is 28.2 Å². The van der Waals surface area contributed by atoms with Gasteiger partial charge in [-0.25, -0.2) is 4.98 Å². The number of aromatic nitrogens is 2. The van der Waals surface area contributed by atoms with Crippen LogP contribution in [0.4, 0.5) is 0 Å². The Morgan fingerprint density at radius 3 is 2.96 bits per heavy atom. The van der Waals surface area contributed by atoms with Gasteiger partial charge in [0, 0.05) is 11.6 Å². The Morgan fingerprint density at radius 2 is 2.24 bits per heavy atom. The van der Waals surface area contributed by atoms with Crippen molar-refractivity contribution in [1.82, 2.24) is 14.9 Å². The number of terminal acetylenes is 1. The molecule has 0 radical (unpaired) electrons. The van der Waals surface area contributed by atoms with Gasteiger partial charge in [-0.05, 0) is 24.6 Å². The van der Waals surface area contributed by atoms with Gasteiger partial charge in [0.15, 0.2) is 5.16 Å². The SMILES string of the molecule is C#CCNC(=O)CSc1nc2cc(Cl)ccc2c(=O)n1CCCCC. The first-order valence-corrected chi connectivity index (χ1v) is 9.46. The first-order valence-electron chi connectivity index (χ1n) is 8.10. The molecule has 1 amide bonds. The molecule has 0 aliphatic heterocycles. The zero-order chi connectivity index (χ0) is 18.2. The summed E-state index contributed by atoms with van der Waals surface area (Å²) in [5, 5.41) is 4.17. The second kappa shape index (κ2) is 9.50. The van der Waals surface area contributed by atoms with Crippen LogP contribution in [-0.2, 0) is 11.3 Å². The second-order valence-corrected chi connectivity index (χ2v) is 6.87. The molecule has 1 aromatic carbocycles. The predicted molar refractivity (Wildman–Crippen MR) is 103 cm³/mol. The van der Waals surface area contributed by atoms with Crippen LogP contribution < -0.4 is 10.9 Å². The number of hydrogen-bond donors (Lipinski definition) is 1. The van der Waals surface area contributed by atoms with Gasteiger partial charge < -0.3 is 5.32 Å². The number of thioether (sulfide) groups is 1. The van der Waals surface area contributed by atoms with E-state index in [4.69, 9.17) is 18.0 Å². The average Bonchev–Trinajstić information content (AvgIpc) is 2.60. The normalized spacial score (nSPS) is 10.6. The second-order valence-electron chi connectivity index (χ2n) is 5.49. The molecule has 1 aromatic heterocycles. The monoisotopic (exact) mass is 377 g/mol. The van der Waals surface area contributed by atoms with Gasteiger partial charge in [-0.15, -0.1) is 6.42 Å². The van der Waals surface area contributed by atoms with Crippen LogP contribution in [0.5, 0.6) is 0 Å². The lowest BCUT2D eigenvalue weighted by atomic mass is 10.2. The van der Waals surface area contributed by atoms with Gasteiger partial charge in [-0.2, -0.15) is 0 Å². The molecule has 2 rings (SSSR count). The lowest BCUT2D eigenvalue weighted by Crippen LogP contribution is -2.27. The van der Waals surface area contributed by atoms with Crippen molar-refractivity contribution in [3.8, 4) is 12.3 Å². The summed E-state index contributed by atoms with van der Waals surface area (Å²) in [6.07, 6.45) is 8.10. The molecular formula is C18H20ClN3O2S. The average molecular weight is 378 g/mol. The summed E-state index contributed by atoms with van der Waals surface area (Å²) in [7, 11) is 0. The smallest absolute Gasteiger partial charge is 0.262 e. The van der Waals surface area contributed by atoms with Crippen LogP contribution in [0.25, 0.3) is 10.9 Å². The summed E-state index contributed by atoms with van der Waals surface area (Å²) >= 11 is 7.24. The Kier molecular flexibility index (Phi) is 7.35. The summed E-state index contributed by atoms with van der Waals surface area (Å²) in [6.45, 7) is 2.87. The topological polar surface area (TPSA) is 64.0 Å². The van der Waals surface area contributed by atoms with Crippen molar-refractivity contribution < 1.29 is 4.79 Å². The molecular weight excluding hydrogens is 358 g/mol. The molecule has 0 unspecified atom stereocenters. The zero-order valence-electron chi connectivity index (χ0n) is 14.0. The molecule has 25 heavy (non-hydrogen) atoms. The minimum absolute atomic E-state index is 0.107. The van der Waals surface area contributed by atoms with E-state index in [1.807, 2.05) is 0 Å². The number of rotatable bonds is 8. The molecule has 7 heteroatoms. The number of hydrogen-bond acceptors (Lipinski definition) is 4. The molecule has 1 heterocycles. The van der Waals surface area contributed by atoms with Crippen LogP contribution in [0.3, 0.4) is 0 Å². The van der Waals surface area contributed by atoms with Crippen LogP contribution in [0.1, 0.15) is 26.2 Å². The first-order chi connectivity index (χ1) is 12.1. The molecule has 1 N–H and O–H groups in total. The number of fused-ring (bicyclic) bond motifs is 1. The fraction of sp³-hybridized carbons (Fsp3) is 0.389. The molecule has 132 valence electrons. The van der Waals surface area contributed by atoms with Gasteiger partial charge in [0.2, 0.25) is 5.91 Å². The molecule has 5 nitrogen and oxygen atoms in total. The first kappa shape index (κ1) is 19.4. The van der Waals surface area contributed by atoms with Crippen LogP contribution in [-0.4, -0.2) is 27.8 Å². The molecule has 0 aliphatic rings. The number of nitrogens with one attached hydrogen (secondary N) is 1. The lowest BCUT2D eigenvalue weighted by Gasteiger charge is -2.13. The van der Waals surface area contributed by atoms with E-state index in [0.717, 1.165) is 19.3 Å². The van der Waals surface area contributed by atoms with E-state index < -0.39 is 0 Å². The summed E-state index contributed by atoms with van der Waals surface area (Å²) in [5.41, 5.74) is 0.431. The molecule has 0 saturated heterocycles. The highest BCUT2D eigenvalue weighted by atomic mass is 35.5. The number of amides is 1. The van der Waals surface area contributed by atoms with Crippen molar-refractivity contribution >= 4 is 40.2 Å². The third kappa shape index (κ3) is 5.25. The van der Waals surface area contributed by atoms with Gasteiger partial charge in [0.1, 0.15) is 0 Å². The summed E-state index contributed by atoms with van der Waals surface area (Å²) in [5.74, 6) is 2.31. The van der Waals surface area contributed by atoms with Crippen molar-refractivity contribution in [3.05, 3.63) is 33.6 Å². The Bertz CT molecular complexity index is 858. The fourth-order valence-electron chi connectivity index (χ4n) is 2.33. The van der Waals surface area contributed by atoms with Gasteiger partial charge in [-0.3, -0.25) is 14.2 Å². The van der Waals surface area contributed by atoms with Gasteiger partial charge in [0.05, 0.1) is 23.2 Å². The highest BCUT2D eigenvalue weighted by Crippen LogP contribution is 2.20. The zero-order valence-corrected chi connectivity index (χ0v) is 15.6. The summed E-state index contributed by atoms with van der Waals surface area (Å²) < 4.78 is 1.64. The Morgan fingerprint density at radius 1 is 1.44 bits per heavy atom. The van der Waals surface area contributed by atoms with Gasteiger partial charge in [-0.1, -0.05) is 49.0 Å². The standard InChI is InChI=1S/C18H20ClN3O2S/c1-3-5-6-10-22-17(24)14-8-7-13(19)11-15(14)21-18(22)25-12-16(23)20-9-4-2/h2,7-8,11H,3,5-6,9-10,12H2,1H3,(H,20,23). The maximum absolute atomic E-state index is 12.8. The van der Waals surface area contributed by atoms with E-state index in [0.29, 0.717) is 27.6 Å². The van der Waals surface area contributed by atoms with E-state index >= 15 is 0 Å². The maximum Gasteiger partial charge on any atom is 0.262 e. The van der Waals surface area contributed by atoms with Crippen molar-refractivity contribution in [2.75, 3.05) is 12.3 Å². The Labute approximate surface area is 156 Å². The maximum atomic E-state index is 12.8. The molecule has 0 bridgehead atoms. The van der Waals surface area contributed by atoms with Crippen LogP contribution in [0, 0.1) is 12.3 Å². The lowest BCUT2D eigenvalue weighted by molar-refractivity contribution is -0.118. The third-order valence-electron chi connectivity index (χ3n) is 3.59. The number of unbranched alkanes of at least 4 members (excludes halogenated alkanes) is 2. The van der Waals surface area contributed by atoms with Gasteiger partial charge in [0.25, 0.3) is 5.56 Å². The predicted octanol–water partition coefficient (Wildman–Crippen LogP) is 3.08. The summed E-state index contributed by atoms with van der Waals surface area (Å²) in [6, 6.07) is 5.04. The largest absolute Gasteiger partial charge is 0.344 e. The number of carbonyl (C=O) groups is 1. The molecule has 2 aromatic rings. The highest BCUT2D eigenvalue weighted by Gasteiger charge is 2.13. The number of benzene rings is 1. The van der Waals surface area contributed by atoms with Crippen molar-refractivity contribution in [2.24, 2.45) is 0 Å². The third-order valence-corrected chi connectivity index (χ3v) is 4.80. The molecule has 0 aliphatic carbocycles. The quantitative estimate of drug-likeness (QED) is 0.332. The van der Waals surface area contributed by atoms with E-state index in [1.165, 1.54) is 11.8 Å². The number of halogens is 1. The molecule has 0 saturated carbocycles.